The highest BCUT2D eigenvalue weighted by atomic mass is 32.2. The number of benzene rings is 1. The monoisotopic (exact) mass is 360 g/mol. The maximum absolute atomic E-state index is 12.8. The van der Waals surface area contributed by atoms with Gasteiger partial charge in [-0.2, -0.15) is 0 Å². The standard InChI is InChI=1S/C18H20N2O2S2/c1-13(21)19(14-8-4-2-5-9-14)12-16-17(22)20(18(23)24-16)15-10-6-3-7-11-15/h2,4-5,8-9,12,15H,3,6-7,10-11H2,1H3. The predicted molar refractivity (Wildman–Crippen MR) is 102 cm³/mol. The number of hydrogen-bond donors (Lipinski definition) is 0. The Balaban J connectivity index is 1.85. The molecule has 2 amide bonds. The minimum Gasteiger partial charge on any atom is -0.290 e. The molecule has 0 atom stereocenters. The Morgan fingerprint density at radius 1 is 1.25 bits per heavy atom. The number of anilines is 1. The smallest absolute Gasteiger partial charge is 0.267 e. The minimum absolute atomic E-state index is 0.0703. The van der Waals surface area contributed by atoms with Crippen molar-refractivity contribution in [1.82, 2.24) is 4.90 Å². The lowest BCUT2D eigenvalue weighted by molar-refractivity contribution is -0.124. The Bertz CT molecular complexity index is 682. The number of nitrogens with zero attached hydrogens (tertiary/aromatic N) is 2. The van der Waals surface area contributed by atoms with E-state index < -0.39 is 0 Å². The summed E-state index contributed by atoms with van der Waals surface area (Å²) in [5.41, 5.74) is 0.743. The Morgan fingerprint density at radius 2 is 1.92 bits per heavy atom. The van der Waals surface area contributed by atoms with Gasteiger partial charge in [-0.3, -0.25) is 19.4 Å². The highest BCUT2D eigenvalue weighted by molar-refractivity contribution is 8.26. The molecule has 2 aliphatic rings. The average Bonchev–Trinajstić information content (AvgIpc) is 2.87. The predicted octanol–water partition coefficient (Wildman–Crippen LogP) is 4.07. The van der Waals surface area contributed by atoms with Gasteiger partial charge in [-0.15, -0.1) is 0 Å². The van der Waals surface area contributed by atoms with Gasteiger partial charge in [0.25, 0.3) is 5.91 Å². The molecule has 6 heteroatoms. The summed E-state index contributed by atoms with van der Waals surface area (Å²) in [5.74, 6) is -0.205. The van der Waals surface area contributed by atoms with E-state index in [1.165, 1.54) is 30.0 Å². The second kappa shape index (κ2) is 7.49. The quantitative estimate of drug-likeness (QED) is 0.602. The van der Waals surface area contributed by atoms with Crippen LogP contribution in [0, 0.1) is 0 Å². The second-order valence-corrected chi connectivity index (χ2v) is 7.73. The largest absolute Gasteiger partial charge is 0.290 e. The van der Waals surface area contributed by atoms with Crippen molar-refractivity contribution < 1.29 is 9.59 Å². The molecule has 1 aromatic carbocycles. The van der Waals surface area contributed by atoms with Gasteiger partial charge in [-0.25, -0.2) is 0 Å². The van der Waals surface area contributed by atoms with Crippen molar-refractivity contribution in [2.24, 2.45) is 0 Å². The van der Waals surface area contributed by atoms with Crippen LogP contribution >= 0.6 is 24.0 Å². The van der Waals surface area contributed by atoms with Crippen LogP contribution in [0.5, 0.6) is 0 Å². The van der Waals surface area contributed by atoms with E-state index in [1.807, 2.05) is 30.3 Å². The van der Waals surface area contributed by atoms with E-state index in [2.05, 4.69) is 0 Å². The Labute approximate surface area is 151 Å². The molecule has 0 spiro atoms. The van der Waals surface area contributed by atoms with Gasteiger partial charge in [0.1, 0.15) is 4.32 Å². The molecule has 0 bridgehead atoms. The zero-order valence-corrected chi connectivity index (χ0v) is 15.2. The summed E-state index contributed by atoms with van der Waals surface area (Å²) in [6, 6.07) is 9.53. The van der Waals surface area contributed by atoms with Gasteiger partial charge in [0.05, 0.1) is 4.91 Å². The SMILES string of the molecule is CC(=O)N(C=C1SC(=S)N(C2CCCCC2)C1=O)c1ccccc1. The third-order valence-electron chi connectivity index (χ3n) is 4.38. The number of amides is 2. The number of rotatable bonds is 3. The van der Waals surface area contributed by atoms with Crippen molar-refractivity contribution >= 4 is 45.8 Å². The molecule has 3 rings (SSSR count). The number of carbonyl (C=O) groups excluding carboxylic acids is 2. The second-order valence-electron chi connectivity index (χ2n) is 6.05. The van der Waals surface area contributed by atoms with Crippen molar-refractivity contribution in [1.29, 1.82) is 0 Å². The molecule has 1 saturated carbocycles. The maximum Gasteiger partial charge on any atom is 0.267 e. The first-order chi connectivity index (χ1) is 11.6. The van der Waals surface area contributed by atoms with Gasteiger partial charge < -0.3 is 0 Å². The summed E-state index contributed by atoms with van der Waals surface area (Å²) in [6.07, 6.45) is 7.16. The van der Waals surface area contributed by atoms with Crippen LogP contribution < -0.4 is 4.90 Å². The number of thiocarbonyl (C=S) groups is 1. The summed E-state index contributed by atoms with van der Waals surface area (Å²) in [7, 11) is 0. The Hall–Kier alpha value is -1.66. The molecule has 2 fully saturated rings. The third kappa shape index (κ3) is 3.54. The van der Waals surface area contributed by atoms with Crippen molar-refractivity contribution in [3.05, 3.63) is 41.4 Å². The molecule has 0 unspecified atom stereocenters. The van der Waals surface area contributed by atoms with E-state index in [0.29, 0.717) is 9.23 Å². The molecule has 24 heavy (non-hydrogen) atoms. The molecule has 126 valence electrons. The third-order valence-corrected chi connectivity index (χ3v) is 5.70. The molecule has 1 aromatic rings. The van der Waals surface area contributed by atoms with Gasteiger partial charge in [0.15, 0.2) is 0 Å². The van der Waals surface area contributed by atoms with Gasteiger partial charge in [0, 0.05) is 24.9 Å². The molecule has 1 heterocycles. The zero-order valence-electron chi connectivity index (χ0n) is 13.6. The topological polar surface area (TPSA) is 40.6 Å². The van der Waals surface area contributed by atoms with E-state index in [0.717, 1.165) is 31.4 Å². The summed E-state index contributed by atoms with van der Waals surface area (Å²) < 4.78 is 0.606. The molecular weight excluding hydrogens is 340 g/mol. The molecule has 0 N–H and O–H groups in total. The fourth-order valence-electron chi connectivity index (χ4n) is 3.18. The normalized spacial score (nSPS) is 20.7. The van der Waals surface area contributed by atoms with Gasteiger partial charge in [0.2, 0.25) is 5.91 Å². The highest BCUT2D eigenvalue weighted by Crippen LogP contribution is 2.36. The Kier molecular flexibility index (Phi) is 5.36. The van der Waals surface area contributed by atoms with Crippen LogP contribution in [-0.2, 0) is 9.59 Å². The molecule has 1 aliphatic heterocycles. The Morgan fingerprint density at radius 3 is 2.54 bits per heavy atom. The molecule has 0 radical (unpaired) electrons. The summed E-state index contributed by atoms with van der Waals surface area (Å²) in [4.78, 5) is 28.6. The number of para-hydroxylation sites is 1. The van der Waals surface area contributed by atoms with E-state index in [9.17, 15) is 9.59 Å². The maximum atomic E-state index is 12.8. The number of carbonyl (C=O) groups is 2. The van der Waals surface area contributed by atoms with Crippen LogP contribution in [0.3, 0.4) is 0 Å². The lowest BCUT2D eigenvalue weighted by atomic mass is 9.94. The van der Waals surface area contributed by atoms with Crippen LogP contribution in [0.1, 0.15) is 39.0 Å². The van der Waals surface area contributed by atoms with Gasteiger partial charge in [-0.05, 0) is 25.0 Å². The fraction of sp³-hybridized carbons (Fsp3) is 0.389. The van der Waals surface area contributed by atoms with Gasteiger partial charge in [-0.1, -0.05) is 61.4 Å². The first-order valence-corrected chi connectivity index (χ1v) is 9.42. The summed E-state index contributed by atoms with van der Waals surface area (Å²) in [6.45, 7) is 1.49. The lowest BCUT2D eigenvalue weighted by Crippen LogP contribution is -2.39. The van der Waals surface area contributed by atoms with E-state index >= 15 is 0 Å². The average molecular weight is 361 g/mol. The van der Waals surface area contributed by atoms with Crippen molar-refractivity contribution in [2.75, 3.05) is 4.90 Å². The van der Waals surface area contributed by atoms with Crippen LogP contribution in [0.25, 0.3) is 0 Å². The molecule has 1 saturated heterocycles. The molecular formula is C18H20N2O2S2. The van der Waals surface area contributed by atoms with Crippen molar-refractivity contribution in [3.8, 4) is 0 Å². The van der Waals surface area contributed by atoms with E-state index in [4.69, 9.17) is 12.2 Å². The zero-order chi connectivity index (χ0) is 17.1. The van der Waals surface area contributed by atoms with Crippen LogP contribution in [0.2, 0.25) is 0 Å². The minimum atomic E-state index is -0.135. The fourth-order valence-corrected chi connectivity index (χ4v) is 4.54. The molecule has 4 nitrogen and oxygen atoms in total. The van der Waals surface area contributed by atoms with Crippen LogP contribution in [-0.4, -0.2) is 27.1 Å². The first kappa shape index (κ1) is 17.2. The number of hydrogen-bond acceptors (Lipinski definition) is 4. The summed E-state index contributed by atoms with van der Waals surface area (Å²) >= 11 is 6.73. The van der Waals surface area contributed by atoms with Crippen molar-refractivity contribution in [2.45, 2.75) is 45.1 Å². The molecule has 1 aliphatic carbocycles. The first-order valence-electron chi connectivity index (χ1n) is 8.20. The lowest BCUT2D eigenvalue weighted by Gasteiger charge is -2.29. The van der Waals surface area contributed by atoms with E-state index in [1.54, 1.807) is 11.1 Å². The molecule has 0 aromatic heterocycles. The summed E-state index contributed by atoms with van der Waals surface area (Å²) in [5, 5.41) is 0. The number of thioether (sulfide) groups is 1. The van der Waals surface area contributed by atoms with Gasteiger partial charge >= 0.3 is 0 Å². The van der Waals surface area contributed by atoms with Crippen LogP contribution in [0.4, 0.5) is 5.69 Å². The van der Waals surface area contributed by atoms with E-state index in [-0.39, 0.29) is 17.9 Å². The van der Waals surface area contributed by atoms with Crippen molar-refractivity contribution in [3.63, 3.8) is 0 Å². The highest BCUT2D eigenvalue weighted by Gasteiger charge is 2.38. The van der Waals surface area contributed by atoms with Crippen LogP contribution in [0.15, 0.2) is 41.4 Å².